The van der Waals surface area contributed by atoms with Gasteiger partial charge in [0.25, 0.3) is 5.69 Å². The number of nitro benzene ring substituents is 1. The first-order valence-electron chi connectivity index (χ1n) is 6.77. The van der Waals surface area contributed by atoms with Crippen molar-refractivity contribution in [3.63, 3.8) is 0 Å². The Balaban J connectivity index is 2.16. The van der Waals surface area contributed by atoms with Crippen molar-refractivity contribution >= 4 is 23.0 Å². The molecule has 110 valence electrons. The van der Waals surface area contributed by atoms with E-state index in [4.69, 9.17) is 11.6 Å². The average Bonchev–Trinajstić information content (AvgIpc) is 2.83. The van der Waals surface area contributed by atoms with Gasteiger partial charge in [-0.1, -0.05) is 0 Å². The number of hydrogen-bond acceptors (Lipinski definition) is 4. The minimum absolute atomic E-state index is 0.0933. The number of nitro groups is 1. The van der Waals surface area contributed by atoms with Crippen molar-refractivity contribution in [3.05, 3.63) is 33.9 Å². The SMILES string of the molecule is CN(CC1CCCN1C)c1ccc([N+](=O)[O-])cc1CCl. The number of likely N-dealkylation sites (tertiary alicyclic amines) is 1. The van der Waals surface area contributed by atoms with Crippen LogP contribution in [0.1, 0.15) is 18.4 Å². The van der Waals surface area contributed by atoms with Gasteiger partial charge in [-0.05, 0) is 38.1 Å². The molecular weight excluding hydrogens is 278 g/mol. The third-order valence-corrected chi connectivity index (χ3v) is 4.27. The van der Waals surface area contributed by atoms with E-state index in [9.17, 15) is 10.1 Å². The Hall–Kier alpha value is -1.33. The van der Waals surface area contributed by atoms with Crippen LogP contribution < -0.4 is 4.90 Å². The van der Waals surface area contributed by atoms with E-state index in [0.29, 0.717) is 6.04 Å². The lowest BCUT2D eigenvalue weighted by Crippen LogP contribution is -2.36. The van der Waals surface area contributed by atoms with E-state index >= 15 is 0 Å². The largest absolute Gasteiger partial charge is 0.373 e. The highest BCUT2D eigenvalue weighted by Crippen LogP contribution is 2.27. The first-order chi connectivity index (χ1) is 9.52. The zero-order chi connectivity index (χ0) is 14.7. The molecule has 1 aliphatic rings. The molecule has 1 atom stereocenters. The van der Waals surface area contributed by atoms with Crippen LogP contribution in [0.2, 0.25) is 0 Å². The molecule has 1 saturated heterocycles. The highest BCUT2D eigenvalue weighted by Gasteiger charge is 2.23. The topological polar surface area (TPSA) is 49.6 Å². The fourth-order valence-corrected chi connectivity index (χ4v) is 3.00. The van der Waals surface area contributed by atoms with Crippen molar-refractivity contribution in [2.75, 3.05) is 32.1 Å². The van der Waals surface area contributed by atoms with Crippen LogP contribution in [0.15, 0.2) is 18.2 Å². The number of benzene rings is 1. The molecule has 0 aromatic heterocycles. The number of non-ortho nitro benzene ring substituents is 1. The lowest BCUT2D eigenvalue weighted by atomic mass is 10.1. The minimum Gasteiger partial charge on any atom is -0.373 e. The Morgan fingerprint density at radius 1 is 1.55 bits per heavy atom. The second-order valence-electron chi connectivity index (χ2n) is 5.36. The van der Waals surface area contributed by atoms with Crippen LogP contribution in [-0.2, 0) is 5.88 Å². The number of anilines is 1. The summed E-state index contributed by atoms with van der Waals surface area (Å²) < 4.78 is 0. The van der Waals surface area contributed by atoms with E-state index < -0.39 is 0 Å². The maximum atomic E-state index is 10.8. The summed E-state index contributed by atoms with van der Waals surface area (Å²) >= 11 is 5.94. The monoisotopic (exact) mass is 297 g/mol. The van der Waals surface area contributed by atoms with Crippen molar-refractivity contribution in [1.82, 2.24) is 4.90 Å². The average molecular weight is 298 g/mol. The van der Waals surface area contributed by atoms with Crippen LogP contribution in [0, 0.1) is 10.1 Å². The van der Waals surface area contributed by atoms with Crippen LogP contribution in [0.4, 0.5) is 11.4 Å². The lowest BCUT2D eigenvalue weighted by Gasteiger charge is -2.28. The highest BCUT2D eigenvalue weighted by molar-refractivity contribution is 6.17. The summed E-state index contributed by atoms with van der Waals surface area (Å²) in [5, 5.41) is 10.8. The minimum atomic E-state index is -0.384. The molecule has 1 heterocycles. The van der Waals surface area contributed by atoms with Crippen LogP contribution in [0.3, 0.4) is 0 Å². The molecule has 0 amide bonds. The van der Waals surface area contributed by atoms with Gasteiger partial charge in [0.05, 0.1) is 4.92 Å². The van der Waals surface area contributed by atoms with Gasteiger partial charge in [0.1, 0.15) is 0 Å². The maximum Gasteiger partial charge on any atom is 0.269 e. The lowest BCUT2D eigenvalue weighted by molar-refractivity contribution is -0.384. The smallest absolute Gasteiger partial charge is 0.269 e. The molecule has 0 radical (unpaired) electrons. The predicted octanol–water partition coefficient (Wildman–Crippen LogP) is 2.86. The molecule has 0 N–H and O–H groups in total. The Labute approximate surface area is 124 Å². The second kappa shape index (κ2) is 6.41. The molecule has 1 aromatic rings. The summed E-state index contributed by atoms with van der Waals surface area (Å²) in [6, 6.07) is 5.45. The number of alkyl halides is 1. The third-order valence-electron chi connectivity index (χ3n) is 3.99. The van der Waals surface area contributed by atoms with Crippen molar-refractivity contribution in [2.24, 2.45) is 0 Å². The fraction of sp³-hybridized carbons (Fsp3) is 0.571. The molecule has 0 bridgehead atoms. The van der Waals surface area contributed by atoms with Gasteiger partial charge in [-0.2, -0.15) is 0 Å². The summed E-state index contributed by atoms with van der Waals surface area (Å²) in [7, 11) is 4.16. The number of likely N-dealkylation sites (N-methyl/N-ethyl adjacent to an activating group) is 2. The highest BCUT2D eigenvalue weighted by atomic mass is 35.5. The van der Waals surface area contributed by atoms with Gasteiger partial charge in [-0.25, -0.2) is 0 Å². The Morgan fingerprint density at radius 2 is 2.30 bits per heavy atom. The van der Waals surface area contributed by atoms with Crippen LogP contribution >= 0.6 is 11.6 Å². The van der Waals surface area contributed by atoms with Crippen molar-refractivity contribution in [3.8, 4) is 0 Å². The van der Waals surface area contributed by atoms with Gasteiger partial charge in [-0.15, -0.1) is 11.6 Å². The van der Waals surface area contributed by atoms with Crippen molar-refractivity contribution in [1.29, 1.82) is 0 Å². The van der Waals surface area contributed by atoms with Crippen molar-refractivity contribution in [2.45, 2.75) is 24.8 Å². The predicted molar refractivity (Wildman–Crippen MR) is 81.6 cm³/mol. The van der Waals surface area contributed by atoms with E-state index in [1.807, 2.05) is 7.05 Å². The second-order valence-corrected chi connectivity index (χ2v) is 5.63. The van der Waals surface area contributed by atoms with Gasteiger partial charge in [0.15, 0.2) is 0 Å². The zero-order valence-corrected chi connectivity index (χ0v) is 12.6. The molecule has 1 aliphatic heterocycles. The van der Waals surface area contributed by atoms with E-state index in [2.05, 4.69) is 16.8 Å². The summed E-state index contributed by atoms with van der Waals surface area (Å²) in [5.41, 5.74) is 1.88. The quantitative estimate of drug-likeness (QED) is 0.476. The van der Waals surface area contributed by atoms with E-state index in [0.717, 1.165) is 24.3 Å². The molecule has 1 unspecified atom stereocenters. The molecule has 1 fully saturated rings. The molecule has 0 aliphatic carbocycles. The first kappa shape index (κ1) is 15.1. The summed E-state index contributed by atoms with van der Waals surface area (Å²) in [4.78, 5) is 14.9. The number of halogens is 1. The maximum absolute atomic E-state index is 10.8. The first-order valence-corrected chi connectivity index (χ1v) is 7.31. The van der Waals surface area contributed by atoms with Crippen LogP contribution in [0.25, 0.3) is 0 Å². The summed E-state index contributed by atoms with van der Waals surface area (Å²) in [5.74, 6) is 0.280. The molecular formula is C14H20ClN3O2. The molecule has 20 heavy (non-hydrogen) atoms. The molecule has 1 aromatic carbocycles. The molecule has 2 rings (SSSR count). The van der Waals surface area contributed by atoms with Gasteiger partial charge >= 0.3 is 0 Å². The van der Waals surface area contributed by atoms with E-state index in [1.165, 1.54) is 12.8 Å². The fourth-order valence-electron chi connectivity index (χ4n) is 2.79. The number of rotatable bonds is 5. The van der Waals surface area contributed by atoms with E-state index in [1.54, 1.807) is 18.2 Å². The third kappa shape index (κ3) is 3.22. The Kier molecular flexibility index (Phi) is 4.83. The normalized spacial score (nSPS) is 19.2. The van der Waals surface area contributed by atoms with Gasteiger partial charge in [-0.3, -0.25) is 10.1 Å². The standard InChI is InChI=1S/C14H20ClN3O2/c1-16-7-3-4-13(16)10-17(2)14-6-5-12(18(19)20)8-11(14)9-15/h5-6,8,13H,3-4,7,9-10H2,1-2H3. The van der Waals surface area contributed by atoms with Crippen LogP contribution in [0.5, 0.6) is 0 Å². The Bertz CT molecular complexity index is 495. The molecule has 0 saturated carbocycles. The molecule has 5 nitrogen and oxygen atoms in total. The van der Waals surface area contributed by atoms with Gasteiger partial charge in [0.2, 0.25) is 0 Å². The number of nitrogens with zero attached hydrogens (tertiary/aromatic N) is 3. The Morgan fingerprint density at radius 3 is 2.85 bits per heavy atom. The van der Waals surface area contributed by atoms with E-state index in [-0.39, 0.29) is 16.5 Å². The molecule has 0 spiro atoms. The van der Waals surface area contributed by atoms with Crippen molar-refractivity contribution < 1.29 is 4.92 Å². The van der Waals surface area contributed by atoms with Gasteiger partial charge in [0, 0.05) is 43.3 Å². The summed E-state index contributed by atoms with van der Waals surface area (Å²) in [6.45, 7) is 2.05. The van der Waals surface area contributed by atoms with Crippen LogP contribution in [-0.4, -0.2) is 43.0 Å². The number of hydrogen-bond donors (Lipinski definition) is 0. The van der Waals surface area contributed by atoms with Gasteiger partial charge < -0.3 is 9.80 Å². The summed E-state index contributed by atoms with van der Waals surface area (Å²) in [6.07, 6.45) is 2.43. The molecule has 6 heteroatoms. The zero-order valence-electron chi connectivity index (χ0n) is 11.9.